The zero-order valence-electron chi connectivity index (χ0n) is 14.6. The van der Waals surface area contributed by atoms with Crippen LogP contribution in [0.15, 0.2) is 47.5 Å². The van der Waals surface area contributed by atoms with Crippen LogP contribution >= 0.6 is 0 Å². The van der Waals surface area contributed by atoms with E-state index >= 15 is 0 Å². The Morgan fingerprint density at radius 2 is 2.20 bits per heavy atom. The highest BCUT2D eigenvalue weighted by atomic mass is 16.5. The van der Waals surface area contributed by atoms with Crippen LogP contribution in [0.5, 0.6) is 5.75 Å². The number of nitrogens with zero attached hydrogens (tertiary/aromatic N) is 4. The van der Waals surface area contributed by atoms with Gasteiger partial charge in [-0.25, -0.2) is 4.98 Å². The second-order valence-electron chi connectivity index (χ2n) is 5.77. The SMILES string of the molecule is COc1cccc(C(C)N(C(=O)c2ocnc2C)c2cnn(C)c2)c1. The molecule has 0 N–H and O–H groups in total. The normalized spacial score (nSPS) is 12.0. The van der Waals surface area contributed by atoms with Crippen LogP contribution in [0.4, 0.5) is 5.69 Å². The number of aryl methyl sites for hydroxylation is 2. The lowest BCUT2D eigenvalue weighted by Gasteiger charge is -2.28. The molecule has 0 aliphatic heterocycles. The van der Waals surface area contributed by atoms with Crippen LogP contribution in [0.2, 0.25) is 0 Å². The number of oxazole rings is 1. The third kappa shape index (κ3) is 3.26. The maximum atomic E-state index is 13.1. The van der Waals surface area contributed by atoms with Gasteiger partial charge in [0.05, 0.1) is 30.7 Å². The largest absolute Gasteiger partial charge is 0.497 e. The molecule has 0 saturated carbocycles. The molecule has 7 heteroatoms. The molecule has 7 nitrogen and oxygen atoms in total. The summed E-state index contributed by atoms with van der Waals surface area (Å²) in [6, 6.07) is 7.38. The Bertz CT molecular complexity index is 884. The summed E-state index contributed by atoms with van der Waals surface area (Å²) in [6.45, 7) is 3.69. The zero-order chi connectivity index (χ0) is 18.0. The maximum Gasteiger partial charge on any atom is 0.296 e. The van der Waals surface area contributed by atoms with Crippen molar-refractivity contribution in [2.45, 2.75) is 19.9 Å². The minimum absolute atomic E-state index is 0.221. The number of carbonyl (C=O) groups is 1. The van der Waals surface area contributed by atoms with Gasteiger partial charge in [-0.05, 0) is 31.5 Å². The van der Waals surface area contributed by atoms with Crippen LogP contribution in [-0.2, 0) is 7.05 Å². The maximum absolute atomic E-state index is 13.1. The van der Waals surface area contributed by atoms with Gasteiger partial charge in [0.2, 0.25) is 5.76 Å². The quantitative estimate of drug-likeness (QED) is 0.713. The highest BCUT2D eigenvalue weighted by molar-refractivity contribution is 6.05. The lowest BCUT2D eigenvalue weighted by molar-refractivity contribution is 0.0950. The lowest BCUT2D eigenvalue weighted by Crippen LogP contribution is -2.33. The summed E-state index contributed by atoms with van der Waals surface area (Å²) in [4.78, 5) is 18.8. The molecule has 25 heavy (non-hydrogen) atoms. The number of rotatable bonds is 5. The summed E-state index contributed by atoms with van der Waals surface area (Å²) in [6.07, 6.45) is 4.72. The first-order valence-electron chi connectivity index (χ1n) is 7.87. The van der Waals surface area contributed by atoms with Crippen molar-refractivity contribution in [1.82, 2.24) is 14.8 Å². The van der Waals surface area contributed by atoms with Crippen molar-refractivity contribution in [1.29, 1.82) is 0 Å². The van der Waals surface area contributed by atoms with Gasteiger partial charge >= 0.3 is 0 Å². The third-order valence-electron chi connectivity index (χ3n) is 4.09. The molecule has 2 heterocycles. The number of benzene rings is 1. The van der Waals surface area contributed by atoms with Crippen molar-refractivity contribution >= 4 is 11.6 Å². The predicted octanol–water partition coefficient (Wildman–Crippen LogP) is 3.13. The molecule has 0 fully saturated rings. The van der Waals surface area contributed by atoms with Gasteiger partial charge in [0.25, 0.3) is 5.91 Å². The number of hydrogen-bond donors (Lipinski definition) is 0. The fraction of sp³-hybridized carbons (Fsp3) is 0.278. The molecule has 2 aromatic heterocycles. The number of carbonyl (C=O) groups excluding carboxylic acids is 1. The molecule has 0 aliphatic carbocycles. The van der Waals surface area contributed by atoms with E-state index in [0.29, 0.717) is 11.4 Å². The second kappa shape index (κ2) is 6.80. The van der Waals surface area contributed by atoms with Crippen LogP contribution in [-0.4, -0.2) is 27.8 Å². The van der Waals surface area contributed by atoms with Crippen molar-refractivity contribution in [3.63, 3.8) is 0 Å². The first kappa shape index (κ1) is 16.8. The van der Waals surface area contributed by atoms with Gasteiger partial charge in [0, 0.05) is 13.2 Å². The van der Waals surface area contributed by atoms with Gasteiger partial charge in [-0.15, -0.1) is 0 Å². The average Bonchev–Trinajstić information content (AvgIpc) is 3.23. The van der Waals surface area contributed by atoms with Crippen molar-refractivity contribution in [2.24, 2.45) is 7.05 Å². The molecular weight excluding hydrogens is 320 g/mol. The molecule has 1 aromatic carbocycles. The Morgan fingerprint density at radius 1 is 1.40 bits per heavy atom. The Labute approximate surface area is 145 Å². The van der Waals surface area contributed by atoms with Crippen molar-refractivity contribution in [3.8, 4) is 5.75 Å². The number of anilines is 1. The first-order chi connectivity index (χ1) is 12.0. The number of aromatic nitrogens is 3. The van der Waals surface area contributed by atoms with Crippen LogP contribution in [0.25, 0.3) is 0 Å². The van der Waals surface area contributed by atoms with E-state index in [4.69, 9.17) is 9.15 Å². The minimum Gasteiger partial charge on any atom is -0.497 e. The Kier molecular flexibility index (Phi) is 4.56. The van der Waals surface area contributed by atoms with Crippen molar-refractivity contribution in [2.75, 3.05) is 12.0 Å². The van der Waals surface area contributed by atoms with Gasteiger partial charge in [-0.2, -0.15) is 5.10 Å². The van der Waals surface area contributed by atoms with Gasteiger partial charge in [-0.3, -0.25) is 14.4 Å². The molecule has 1 atom stereocenters. The van der Waals surface area contributed by atoms with Crippen LogP contribution in [0.3, 0.4) is 0 Å². The summed E-state index contributed by atoms with van der Waals surface area (Å²) in [5.74, 6) is 0.690. The minimum atomic E-state index is -0.265. The van der Waals surface area contributed by atoms with Crippen LogP contribution < -0.4 is 9.64 Å². The van der Waals surface area contributed by atoms with Crippen molar-refractivity contribution in [3.05, 3.63) is 60.1 Å². The smallest absolute Gasteiger partial charge is 0.296 e. The topological polar surface area (TPSA) is 73.4 Å². The second-order valence-corrected chi connectivity index (χ2v) is 5.77. The lowest BCUT2D eigenvalue weighted by atomic mass is 10.1. The average molecular weight is 340 g/mol. The van der Waals surface area contributed by atoms with E-state index in [9.17, 15) is 4.79 Å². The van der Waals surface area contributed by atoms with Gasteiger partial charge in [0.15, 0.2) is 6.39 Å². The molecule has 3 rings (SSSR count). The molecule has 0 bridgehead atoms. The fourth-order valence-corrected chi connectivity index (χ4v) is 2.72. The Morgan fingerprint density at radius 3 is 2.80 bits per heavy atom. The van der Waals surface area contributed by atoms with Gasteiger partial charge in [0.1, 0.15) is 5.75 Å². The highest BCUT2D eigenvalue weighted by Crippen LogP contribution is 2.30. The van der Waals surface area contributed by atoms with Crippen molar-refractivity contribution < 1.29 is 13.9 Å². The zero-order valence-corrected chi connectivity index (χ0v) is 14.6. The molecule has 130 valence electrons. The molecule has 1 amide bonds. The predicted molar refractivity (Wildman–Crippen MR) is 92.7 cm³/mol. The molecule has 0 saturated heterocycles. The monoisotopic (exact) mass is 340 g/mol. The summed E-state index contributed by atoms with van der Waals surface area (Å²) in [7, 11) is 3.42. The van der Waals surface area contributed by atoms with Crippen LogP contribution in [0, 0.1) is 6.92 Å². The van der Waals surface area contributed by atoms with Crippen LogP contribution in [0.1, 0.15) is 34.8 Å². The summed E-state index contributed by atoms with van der Waals surface area (Å²) in [5.41, 5.74) is 2.17. The molecule has 1 unspecified atom stereocenters. The summed E-state index contributed by atoms with van der Waals surface area (Å²) >= 11 is 0. The number of amides is 1. The fourth-order valence-electron chi connectivity index (χ4n) is 2.72. The standard InChI is InChI=1S/C18H20N4O3/c1-12-17(25-11-19-12)18(23)22(15-9-20-21(3)10-15)13(2)14-6-5-7-16(8-14)24-4/h5-11,13H,1-4H3. The van der Waals surface area contributed by atoms with E-state index in [2.05, 4.69) is 10.1 Å². The number of methoxy groups -OCH3 is 1. The summed E-state index contributed by atoms with van der Waals surface area (Å²) in [5, 5.41) is 4.19. The van der Waals surface area contributed by atoms with E-state index in [1.807, 2.05) is 38.2 Å². The molecule has 0 aliphatic rings. The number of hydrogen-bond acceptors (Lipinski definition) is 5. The first-order valence-corrected chi connectivity index (χ1v) is 7.87. The van der Waals surface area contributed by atoms with E-state index in [-0.39, 0.29) is 17.7 Å². The van der Waals surface area contributed by atoms with E-state index in [1.165, 1.54) is 6.39 Å². The summed E-state index contributed by atoms with van der Waals surface area (Å²) < 4.78 is 12.3. The Hall–Kier alpha value is -3.09. The molecular formula is C18H20N4O3. The van der Waals surface area contributed by atoms with Gasteiger partial charge < -0.3 is 9.15 Å². The molecule has 0 spiro atoms. The van der Waals surface area contributed by atoms with E-state index < -0.39 is 0 Å². The van der Waals surface area contributed by atoms with E-state index in [1.54, 1.807) is 36.0 Å². The molecule has 3 aromatic rings. The van der Waals surface area contributed by atoms with E-state index in [0.717, 1.165) is 11.3 Å². The molecule has 0 radical (unpaired) electrons. The Balaban J connectivity index is 2.04. The highest BCUT2D eigenvalue weighted by Gasteiger charge is 2.29. The third-order valence-corrected chi connectivity index (χ3v) is 4.09. The number of ether oxygens (including phenoxy) is 1. The van der Waals surface area contributed by atoms with Gasteiger partial charge in [-0.1, -0.05) is 12.1 Å².